The number of aromatic nitrogens is 1. The largest absolute Gasteiger partial charge is 0.309 e. The summed E-state index contributed by atoms with van der Waals surface area (Å²) in [5.74, 6) is 0. The lowest BCUT2D eigenvalue weighted by atomic mass is 9.85. The van der Waals surface area contributed by atoms with Crippen molar-refractivity contribution >= 4 is 96.4 Å². The van der Waals surface area contributed by atoms with Gasteiger partial charge in [-0.15, -0.1) is 11.3 Å². The molecule has 306 valence electrons. The summed E-state index contributed by atoms with van der Waals surface area (Å²) in [5, 5.41) is 15.3. The van der Waals surface area contributed by atoms with E-state index in [0.29, 0.717) is 0 Å². The lowest BCUT2D eigenvalue weighted by molar-refractivity contribution is 1.18. The number of nitrogens with zero attached hydrogens (tertiary/aromatic N) is 1. The molecular weight excluding hydrogens is 815 g/mol. The number of fused-ring (bicyclic) bond motifs is 10. The molecule has 14 rings (SSSR count). The van der Waals surface area contributed by atoms with Crippen LogP contribution in [-0.2, 0) is 0 Å². The molecule has 0 spiro atoms. The standard InChI is InChI=1S/C64H39NS/c1-3-18-40(19-4-1)60-50-27-11-13-29-52(50)63(53-30-14-12-28-51(53)60)55-32-17-31-54-45-36-34-42(39-59(45)66-64(54)55)62-48-25-9-7-23-46(48)61(47-24-8-10-26-49(47)62)41-35-37-58-56(38-41)44-22-15-16-33-57(44)65(58)43-20-5-2-6-21-43/h1-39H. The van der Waals surface area contributed by atoms with Crippen molar-refractivity contribution in [1.29, 1.82) is 0 Å². The van der Waals surface area contributed by atoms with Gasteiger partial charge in [0.15, 0.2) is 0 Å². The number of thiophene rings is 1. The predicted molar refractivity (Wildman–Crippen MR) is 285 cm³/mol. The van der Waals surface area contributed by atoms with E-state index in [1.165, 1.54) is 135 Å². The van der Waals surface area contributed by atoms with Crippen LogP contribution in [-0.4, -0.2) is 4.57 Å². The maximum absolute atomic E-state index is 2.46. The molecule has 0 aliphatic rings. The van der Waals surface area contributed by atoms with Crippen LogP contribution < -0.4 is 0 Å². The van der Waals surface area contributed by atoms with Crippen molar-refractivity contribution < 1.29 is 0 Å². The van der Waals surface area contributed by atoms with E-state index in [9.17, 15) is 0 Å². The molecule has 14 aromatic rings. The third-order valence-corrected chi connectivity index (χ3v) is 15.2. The minimum absolute atomic E-state index is 1.17. The normalized spacial score (nSPS) is 11.9. The highest BCUT2D eigenvalue weighted by Crippen LogP contribution is 2.50. The van der Waals surface area contributed by atoms with E-state index >= 15 is 0 Å². The van der Waals surface area contributed by atoms with Gasteiger partial charge in [-0.25, -0.2) is 0 Å². The topological polar surface area (TPSA) is 4.93 Å². The molecule has 0 radical (unpaired) electrons. The Balaban J connectivity index is 0.975. The molecule has 12 aromatic carbocycles. The average molecular weight is 854 g/mol. The first-order valence-corrected chi connectivity index (χ1v) is 23.6. The first kappa shape index (κ1) is 37.1. The number of para-hydroxylation sites is 2. The van der Waals surface area contributed by atoms with Gasteiger partial charge in [-0.3, -0.25) is 0 Å². The second kappa shape index (κ2) is 14.6. The third kappa shape index (κ3) is 5.46. The zero-order chi connectivity index (χ0) is 43.3. The second-order valence-electron chi connectivity index (χ2n) is 17.5. The van der Waals surface area contributed by atoms with Gasteiger partial charge in [-0.2, -0.15) is 0 Å². The Morgan fingerprint density at radius 2 is 0.697 bits per heavy atom. The molecule has 0 bridgehead atoms. The number of rotatable bonds is 5. The Bertz CT molecular complexity index is 4160. The van der Waals surface area contributed by atoms with Crippen LogP contribution in [0.2, 0.25) is 0 Å². The van der Waals surface area contributed by atoms with Crippen molar-refractivity contribution in [3.63, 3.8) is 0 Å². The number of hydrogen-bond acceptors (Lipinski definition) is 1. The van der Waals surface area contributed by atoms with E-state index in [4.69, 9.17) is 0 Å². The summed E-state index contributed by atoms with van der Waals surface area (Å²) in [5.41, 5.74) is 13.7. The van der Waals surface area contributed by atoms with Crippen molar-refractivity contribution in [2.45, 2.75) is 0 Å². The SMILES string of the molecule is c1ccc(-c2c3ccccc3c(-c3cccc4c3sc3cc(-c5c6ccccc6c(-c6ccc7c(c6)c6ccccc6n7-c6ccccc6)c6ccccc56)ccc34)c3ccccc23)cc1. The van der Waals surface area contributed by atoms with Crippen molar-refractivity contribution in [3.8, 4) is 50.2 Å². The van der Waals surface area contributed by atoms with E-state index in [1.54, 1.807) is 0 Å². The van der Waals surface area contributed by atoms with Crippen LogP contribution in [0.1, 0.15) is 0 Å². The summed E-state index contributed by atoms with van der Waals surface area (Å²) in [4.78, 5) is 0. The molecule has 2 heteroatoms. The molecule has 0 atom stereocenters. The second-order valence-corrected chi connectivity index (χ2v) is 18.5. The van der Waals surface area contributed by atoms with Gasteiger partial charge >= 0.3 is 0 Å². The van der Waals surface area contributed by atoms with Crippen LogP contribution in [0.5, 0.6) is 0 Å². The summed E-state index contributed by atoms with van der Waals surface area (Å²) in [6, 6.07) is 87.6. The van der Waals surface area contributed by atoms with Gasteiger partial charge in [-0.1, -0.05) is 200 Å². The molecule has 66 heavy (non-hydrogen) atoms. The molecular formula is C64H39NS. The quantitative estimate of drug-likeness (QED) is 0.152. The lowest BCUT2D eigenvalue weighted by Crippen LogP contribution is -1.93. The number of benzene rings is 12. The van der Waals surface area contributed by atoms with E-state index in [1.807, 2.05) is 11.3 Å². The highest BCUT2D eigenvalue weighted by molar-refractivity contribution is 7.26. The van der Waals surface area contributed by atoms with Crippen molar-refractivity contribution in [2.24, 2.45) is 0 Å². The molecule has 0 N–H and O–H groups in total. The molecule has 0 aliphatic carbocycles. The smallest absolute Gasteiger partial charge is 0.0541 e. The average Bonchev–Trinajstić information content (AvgIpc) is 3.93. The Labute approximate surface area is 385 Å². The molecule has 0 saturated carbocycles. The van der Waals surface area contributed by atoms with Crippen molar-refractivity contribution in [2.75, 3.05) is 0 Å². The molecule has 2 heterocycles. The Hall–Kier alpha value is -8.30. The maximum Gasteiger partial charge on any atom is 0.0541 e. The van der Waals surface area contributed by atoms with Crippen LogP contribution in [0.25, 0.3) is 135 Å². The van der Waals surface area contributed by atoms with Gasteiger partial charge in [0.25, 0.3) is 0 Å². The summed E-state index contributed by atoms with van der Waals surface area (Å²) < 4.78 is 5.01. The Morgan fingerprint density at radius 3 is 1.29 bits per heavy atom. The first-order chi connectivity index (χ1) is 32.8. The van der Waals surface area contributed by atoms with Crippen LogP contribution in [0.4, 0.5) is 0 Å². The van der Waals surface area contributed by atoms with E-state index in [0.717, 1.165) is 0 Å². The van der Waals surface area contributed by atoms with E-state index in [-0.39, 0.29) is 0 Å². The van der Waals surface area contributed by atoms with Gasteiger partial charge < -0.3 is 4.57 Å². The van der Waals surface area contributed by atoms with Crippen molar-refractivity contribution in [3.05, 3.63) is 237 Å². The zero-order valence-corrected chi connectivity index (χ0v) is 36.7. The van der Waals surface area contributed by atoms with Crippen molar-refractivity contribution in [1.82, 2.24) is 4.57 Å². The highest BCUT2D eigenvalue weighted by Gasteiger charge is 2.22. The van der Waals surface area contributed by atoms with Gasteiger partial charge in [0.1, 0.15) is 0 Å². The van der Waals surface area contributed by atoms with E-state index in [2.05, 4.69) is 241 Å². The maximum atomic E-state index is 2.46. The molecule has 0 unspecified atom stereocenters. The van der Waals surface area contributed by atoms with Crippen LogP contribution in [0.15, 0.2) is 237 Å². The monoisotopic (exact) mass is 853 g/mol. The van der Waals surface area contributed by atoms with Crippen LogP contribution in [0.3, 0.4) is 0 Å². The minimum Gasteiger partial charge on any atom is -0.309 e. The molecule has 0 amide bonds. The van der Waals surface area contributed by atoms with Gasteiger partial charge in [0.05, 0.1) is 11.0 Å². The molecule has 0 aliphatic heterocycles. The van der Waals surface area contributed by atoms with Crippen LogP contribution in [0, 0.1) is 0 Å². The van der Waals surface area contributed by atoms with Gasteiger partial charge in [0, 0.05) is 42.2 Å². The summed E-state index contributed by atoms with van der Waals surface area (Å²) in [6.07, 6.45) is 0. The fourth-order valence-electron chi connectivity index (χ4n) is 11.2. The lowest BCUT2D eigenvalue weighted by Gasteiger charge is -2.18. The predicted octanol–water partition coefficient (Wildman–Crippen LogP) is 18.4. The molecule has 1 nitrogen and oxygen atoms in total. The van der Waals surface area contributed by atoms with Gasteiger partial charge in [-0.05, 0) is 118 Å². The molecule has 0 saturated heterocycles. The third-order valence-electron chi connectivity index (χ3n) is 14.0. The Kier molecular flexibility index (Phi) is 8.22. The highest BCUT2D eigenvalue weighted by atomic mass is 32.1. The summed E-state index contributed by atoms with van der Waals surface area (Å²) >= 11 is 1.92. The fourth-order valence-corrected chi connectivity index (χ4v) is 12.5. The fraction of sp³-hybridized carbons (Fsp3) is 0. The van der Waals surface area contributed by atoms with Crippen LogP contribution >= 0.6 is 11.3 Å². The molecule has 2 aromatic heterocycles. The summed E-state index contributed by atoms with van der Waals surface area (Å²) in [7, 11) is 0. The number of hydrogen-bond donors (Lipinski definition) is 0. The summed E-state index contributed by atoms with van der Waals surface area (Å²) in [6.45, 7) is 0. The van der Waals surface area contributed by atoms with Gasteiger partial charge in [0.2, 0.25) is 0 Å². The van der Waals surface area contributed by atoms with E-state index < -0.39 is 0 Å². The molecule has 0 fully saturated rings. The first-order valence-electron chi connectivity index (χ1n) is 22.8. The zero-order valence-electron chi connectivity index (χ0n) is 35.9. The Morgan fingerprint density at radius 1 is 0.258 bits per heavy atom. The minimum atomic E-state index is 1.17.